The van der Waals surface area contributed by atoms with Crippen LogP contribution in [0.15, 0.2) is 48.5 Å². The first-order valence-electron chi connectivity index (χ1n) is 12.5. The largest absolute Gasteiger partial charge is 0.481 e. The minimum atomic E-state index is -0.898. The predicted octanol–water partition coefficient (Wildman–Crippen LogP) is 4.80. The third kappa shape index (κ3) is 5.19. The number of hydrogen-bond donors (Lipinski definition) is 2. The Labute approximate surface area is 206 Å². The standard InChI is InChI=1S/C28H34N2O5/c1-3-28(2,26(33)30-15-9-8-10-19(30)16-25(31)32)18-29-27(34)35-17-24-22-13-6-4-11-20(22)21-12-5-7-14-23(21)24/h4-7,11-14,19,24H,3,8-10,15-18H2,1-2H3,(H,29,34)(H,31,32). The SMILES string of the molecule is CCC(C)(CNC(=O)OCC1c2ccccc2-c2ccccc21)C(=O)N1CCCCC1CC(=O)O. The average molecular weight is 479 g/mol. The molecule has 1 aliphatic carbocycles. The number of hydrogen-bond acceptors (Lipinski definition) is 4. The predicted molar refractivity (Wildman–Crippen MR) is 133 cm³/mol. The summed E-state index contributed by atoms with van der Waals surface area (Å²) in [5.74, 6) is -1.04. The van der Waals surface area contributed by atoms with Gasteiger partial charge in [0.05, 0.1) is 11.8 Å². The van der Waals surface area contributed by atoms with Gasteiger partial charge in [-0.15, -0.1) is 0 Å². The van der Waals surface area contributed by atoms with Crippen molar-refractivity contribution in [3.05, 3.63) is 59.7 Å². The second-order valence-electron chi connectivity index (χ2n) is 9.84. The van der Waals surface area contributed by atoms with Crippen LogP contribution in [0.25, 0.3) is 11.1 Å². The summed E-state index contributed by atoms with van der Waals surface area (Å²) in [5, 5.41) is 12.1. The number of aliphatic carboxylic acids is 1. The first-order valence-corrected chi connectivity index (χ1v) is 12.5. The highest BCUT2D eigenvalue weighted by Crippen LogP contribution is 2.44. The summed E-state index contributed by atoms with van der Waals surface area (Å²) in [6, 6.07) is 16.0. The van der Waals surface area contributed by atoms with Gasteiger partial charge in [0.25, 0.3) is 0 Å². The molecular formula is C28H34N2O5. The van der Waals surface area contributed by atoms with E-state index in [4.69, 9.17) is 4.74 Å². The van der Waals surface area contributed by atoms with Crippen molar-refractivity contribution >= 4 is 18.0 Å². The van der Waals surface area contributed by atoms with E-state index in [2.05, 4.69) is 29.6 Å². The molecule has 2 atom stereocenters. The van der Waals surface area contributed by atoms with Crippen molar-refractivity contribution in [2.75, 3.05) is 19.7 Å². The number of fused-ring (bicyclic) bond motifs is 3. The zero-order valence-corrected chi connectivity index (χ0v) is 20.5. The van der Waals surface area contributed by atoms with Crippen LogP contribution in [0.3, 0.4) is 0 Å². The van der Waals surface area contributed by atoms with Crippen molar-refractivity contribution in [1.29, 1.82) is 0 Å². The Kier molecular flexibility index (Phi) is 7.43. The highest BCUT2D eigenvalue weighted by molar-refractivity contribution is 5.84. The molecule has 0 aromatic heterocycles. The Hall–Kier alpha value is -3.35. The summed E-state index contributed by atoms with van der Waals surface area (Å²) in [6.45, 7) is 4.63. The van der Waals surface area contributed by atoms with Gasteiger partial charge in [0.2, 0.25) is 5.91 Å². The lowest BCUT2D eigenvalue weighted by molar-refractivity contribution is -0.148. The third-order valence-corrected chi connectivity index (χ3v) is 7.56. The number of ether oxygens (including phenoxy) is 1. The number of carboxylic acids is 1. The number of rotatable bonds is 8. The number of nitrogens with zero attached hydrogens (tertiary/aromatic N) is 1. The van der Waals surface area contributed by atoms with Gasteiger partial charge in [-0.3, -0.25) is 9.59 Å². The maximum Gasteiger partial charge on any atom is 0.407 e. The molecule has 2 aromatic carbocycles. The molecule has 1 aliphatic heterocycles. The molecule has 1 saturated heterocycles. The number of nitrogens with one attached hydrogen (secondary N) is 1. The van der Waals surface area contributed by atoms with E-state index in [9.17, 15) is 19.5 Å². The van der Waals surface area contributed by atoms with Gasteiger partial charge >= 0.3 is 12.1 Å². The van der Waals surface area contributed by atoms with Crippen LogP contribution in [-0.4, -0.2) is 53.7 Å². The molecule has 4 rings (SSSR count). The molecule has 0 spiro atoms. The Morgan fingerprint density at radius 3 is 2.29 bits per heavy atom. The van der Waals surface area contributed by atoms with Gasteiger partial charge in [0.1, 0.15) is 6.61 Å². The lowest BCUT2D eigenvalue weighted by Gasteiger charge is -2.40. The molecule has 2 unspecified atom stereocenters. The number of likely N-dealkylation sites (tertiary alicyclic amines) is 1. The van der Waals surface area contributed by atoms with Gasteiger partial charge in [-0.2, -0.15) is 0 Å². The highest BCUT2D eigenvalue weighted by atomic mass is 16.5. The summed E-state index contributed by atoms with van der Waals surface area (Å²) in [7, 11) is 0. The number of carbonyl (C=O) groups is 3. The first kappa shape index (κ1) is 24.8. The van der Waals surface area contributed by atoms with E-state index in [0.29, 0.717) is 19.4 Å². The van der Waals surface area contributed by atoms with Crippen molar-refractivity contribution in [3.63, 3.8) is 0 Å². The van der Waals surface area contributed by atoms with Gasteiger partial charge in [0, 0.05) is 25.0 Å². The summed E-state index contributed by atoms with van der Waals surface area (Å²) in [6.07, 6.45) is 2.39. The summed E-state index contributed by atoms with van der Waals surface area (Å²) < 4.78 is 5.63. The van der Waals surface area contributed by atoms with Crippen LogP contribution in [0.2, 0.25) is 0 Å². The second-order valence-corrected chi connectivity index (χ2v) is 9.84. The molecule has 0 radical (unpaired) electrons. The zero-order valence-electron chi connectivity index (χ0n) is 20.5. The Balaban J connectivity index is 1.38. The van der Waals surface area contributed by atoms with Crippen molar-refractivity contribution < 1.29 is 24.2 Å². The van der Waals surface area contributed by atoms with Gasteiger partial charge in [-0.05, 0) is 54.9 Å². The number of piperidine rings is 1. The highest BCUT2D eigenvalue weighted by Gasteiger charge is 2.40. The Morgan fingerprint density at radius 1 is 1.06 bits per heavy atom. The molecule has 35 heavy (non-hydrogen) atoms. The normalized spacial score (nSPS) is 18.8. The van der Waals surface area contributed by atoms with Crippen molar-refractivity contribution in [3.8, 4) is 11.1 Å². The van der Waals surface area contributed by atoms with Gasteiger partial charge < -0.3 is 20.1 Å². The minimum Gasteiger partial charge on any atom is -0.481 e. The van der Waals surface area contributed by atoms with Crippen LogP contribution in [0, 0.1) is 5.41 Å². The Bertz CT molecular complexity index is 1050. The molecule has 2 aromatic rings. The lowest BCUT2D eigenvalue weighted by atomic mass is 9.84. The zero-order chi connectivity index (χ0) is 25.0. The van der Waals surface area contributed by atoms with Gasteiger partial charge in [0.15, 0.2) is 0 Å². The minimum absolute atomic E-state index is 0.0301. The maximum absolute atomic E-state index is 13.4. The van der Waals surface area contributed by atoms with E-state index in [1.165, 1.54) is 11.1 Å². The average Bonchev–Trinajstić information content (AvgIpc) is 3.19. The summed E-state index contributed by atoms with van der Waals surface area (Å²) in [5.41, 5.74) is 3.78. The van der Waals surface area contributed by atoms with Crippen LogP contribution < -0.4 is 5.32 Å². The van der Waals surface area contributed by atoms with E-state index >= 15 is 0 Å². The van der Waals surface area contributed by atoms with E-state index in [0.717, 1.165) is 24.0 Å². The van der Waals surface area contributed by atoms with Crippen molar-refractivity contribution in [1.82, 2.24) is 10.2 Å². The van der Waals surface area contributed by atoms with Crippen LogP contribution in [0.1, 0.15) is 63.0 Å². The third-order valence-electron chi connectivity index (χ3n) is 7.56. The number of amides is 2. The molecule has 186 valence electrons. The first-order chi connectivity index (χ1) is 16.8. The summed E-state index contributed by atoms with van der Waals surface area (Å²) >= 11 is 0. The van der Waals surface area contributed by atoms with E-state index in [1.54, 1.807) is 4.90 Å². The van der Waals surface area contributed by atoms with Gasteiger partial charge in [-0.25, -0.2) is 4.79 Å². The molecule has 7 heteroatoms. The van der Waals surface area contributed by atoms with Crippen LogP contribution in [0.4, 0.5) is 4.79 Å². The topological polar surface area (TPSA) is 95.9 Å². The van der Waals surface area contributed by atoms with E-state index < -0.39 is 17.5 Å². The quantitative estimate of drug-likeness (QED) is 0.568. The number of alkyl carbamates (subject to hydrolysis) is 1. The summed E-state index contributed by atoms with van der Waals surface area (Å²) in [4.78, 5) is 39.1. The monoisotopic (exact) mass is 478 g/mol. The molecule has 1 heterocycles. The maximum atomic E-state index is 13.4. The fourth-order valence-corrected chi connectivity index (χ4v) is 5.30. The fourth-order valence-electron chi connectivity index (χ4n) is 5.30. The molecule has 0 bridgehead atoms. The smallest absolute Gasteiger partial charge is 0.407 e. The molecule has 2 N–H and O–H groups in total. The number of carboxylic acid groups (broad SMARTS) is 1. The van der Waals surface area contributed by atoms with Crippen LogP contribution in [-0.2, 0) is 14.3 Å². The molecule has 2 aliphatic rings. The van der Waals surface area contributed by atoms with Crippen molar-refractivity contribution in [2.45, 2.75) is 57.9 Å². The number of carbonyl (C=O) groups excluding carboxylic acids is 2. The Morgan fingerprint density at radius 2 is 1.69 bits per heavy atom. The second kappa shape index (κ2) is 10.5. The molecular weight excluding hydrogens is 444 g/mol. The molecule has 0 saturated carbocycles. The lowest BCUT2D eigenvalue weighted by Crippen LogP contribution is -2.53. The van der Waals surface area contributed by atoms with Crippen LogP contribution in [0.5, 0.6) is 0 Å². The number of benzene rings is 2. The molecule has 7 nitrogen and oxygen atoms in total. The van der Waals surface area contributed by atoms with E-state index in [1.807, 2.05) is 38.1 Å². The van der Waals surface area contributed by atoms with Crippen molar-refractivity contribution in [2.24, 2.45) is 5.41 Å². The molecule has 1 fully saturated rings. The molecule has 2 amide bonds. The van der Waals surface area contributed by atoms with Crippen LogP contribution >= 0.6 is 0 Å². The van der Waals surface area contributed by atoms with Gasteiger partial charge in [-0.1, -0.05) is 55.5 Å². The van der Waals surface area contributed by atoms with E-state index in [-0.39, 0.29) is 37.4 Å². The fraction of sp³-hybridized carbons (Fsp3) is 0.464.